The van der Waals surface area contributed by atoms with E-state index >= 15 is 0 Å². The Kier molecular flexibility index (Phi) is 5.45. The number of ether oxygens (including phenoxy) is 3. The van der Waals surface area contributed by atoms with Gasteiger partial charge in [-0.3, -0.25) is 4.90 Å². The van der Waals surface area contributed by atoms with Crippen molar-refractivity contribution in [2.45, 2.75) is 19.5 Å². The second-order valence-electron chi connectivity index (χ2n) is 6.66. The standard InChI is InChI=1S/C21H18F3N3O3/c1-28-19-10-16(30-21(22,23)24)4-5-17(19)14-3-6-18-15(9-14)11-27(13-29-18)12-20-25-7-2-8-26-20/h2-10H,11-13H2,1H3. The lowest BCUT2D eigenvalue weighted by molar-refractivity contribution is -0.274. The second-order valence-corrected chi connectivity index (χ2v) is 6.66. The largest absolute Gasteiger partial charge is 0.573 e. The van der Waals surface area contributed by atoms with Crippen molar-refractivity contribution in [1.29, 1.82) is 0 Å². The molecule has 3 aromatic rings. The van der Waals surface area contributed by atoms with Crippen LogP contribution in [0.5, 0.6) is 17.2 Å². The third kappa shape index (κ3) is 4.62. The molecule has 30 heavy (non-hydrogen) atoms. The maximum absolute atomic E-state index is 12.5. The summed E-state index contributed by atoms with van der Waals surface area (Å²) in [5.74, 6) is 1.41. The van der Waals surface area contributed by atoms with Crippen LogP contribution in [0.1, 0.15) is 11.4 Å². The average Bonchev–Trinajstić information content (AvgIpc) is 2.73. The van der Waals surface area contributed by atoms with Crippen molar-refractivity contribution in [2.75, 3.05) is 13.8 Å². The van der Waals surface area contributed by atoms with E-state index in [0.717, 1.165) is 16.9 Å². The topological polar surface area (TPSA) is 56.7 Å². The van der Waals surface area contributed by atoms with Gasteiger partial charge in [0.05, 0.1) is 13.7 Å². The molecule has 0 atom stereocenters. The molecule has 1 aromatic heterocycles. The summed E-state index contributed by atoms with van der Waals surface area (Å²) in [4.78, 5) is 10.5. The minimum Gasteiger partial charge on any atom is -0.496 e. The van der Waals surface area contributed by atoms with Crippen molar-refractivity contribution in [3.8, 4) is 28.4 Å². The van der Waals surface area contributed by atoms with Crippen LogP contribution in [0.4, 0.5) is 13.2 Å². The number of hydrogen-bond acceptors (Lipinski definition) is 6. The van der Waals surface area contributed by atoms with Gasteiger partial charge in [-0.2, -0.15) is 0 Å². The number of nitrogens with zero attached hydrogens (tertiary/aromatic N) is 3. The normalized spacial score (nSPS) is 14.0. The third-order valence-corrected chi connectivity index (χ3v) is 4.56. The predicted molar refractivity (Wildman–Crippen MR) is 102 cm³/mol. The van der Waals surface area contributed by atoms with E-state index in [4.69, 9.17) is 9.47 Å². The summed E-state index contributed by atoms with van der Waals surface area (Å²) >= 11 is 0. The highest BCUT2D eigenvalue weighted by atomic mass is 19.4. The second kappa shape index (κ2) is 8.19. The van der Waals surface area contributed by atoms with Crippen LogP contribution in [-0.2, 0) is 13.1 Å². The van der Waals surface area contributed by atoms with E-state index in [-0.39, 0.29) is 11.5 Å². The number of alkyl halides is 3. The first kappa shape index (κ1) is 20.0. The molecule has 0 radical (unpaired) electrons. The first-order valence-electron chi connectivity index (χ1n) is 9.09. The molecular formula is C21H18F3N3O3. The van der Waals surface area contributed by atoms with Crippen LogP contribution in [0.25, 0.3) is 11.1 Å². The summed E-state index contributed by atoms with van der Waals surface area (Å²) in [7, 11) is 1.40. The van der Waals surface area contributed by atoms with Crippen molar-refractivity contribution in [3.05, 3.63) is 66.2 Å². The zero-order chi connectivity index (χ0) is 21.1. The highest BCUT2D eigenvalue weighted by Crippen LogP contribution is 2.37. The Morgan fingerprint density at radius 3 is 2.63 bits per heavy atom. The molecule has 0 N–H and O–H groups in total. The van der Waals surface area contributed by atoms with Crippen LogP contribution >= 0.6 is 0 Å². The molecule has 4 rings (SSSR count). The molecule has 0 spiro atoms. The summed E-state index contributed by atoms with van der Waals surface area (Å²) in [5, 5.41) is 0. The van der Waals surface area contributed by atoms with Crippen molar-refractivity contribution in [3.63, 3.8) is 0 Å². The summed E-state index contributed by atoms with van der Waals surface area (Å²) in [6.45, 7) is 1.58. The molecule has 2 aromatic carbocycles. The zero-order valence-corrected chi connectivity index (χ0v) is 16.0. The molecule has 0 bridgehead atoms. The lowest BCUT2D eigenvalue weighted by atomic mass is 10.0. The fourth-order valence-corrected chi connectivity index (χ4v) is 3.28. The molecule has 0 saturated heterocycles. The number of benzene rings is 2. The Bertz CT molecular complexity index is 1030. The molecule has 2 heterocycles. The summed E-state index contributed by atoms with van der Waals surface area (Å²) in [6, 6.07) is 11.4. The predicted octanol–water partition coefficient (Wildman–Crippen LogP) is 4.40. The molecule has 0 saturated carbocycles. The smallest absolute Gasteiger partial charge is 0.496 e. The summed E-state index contributed by atoms with van der Waals surface area (Å²) in [6.07, 6.45) is -1.38. The lowest BCUT2D eigenvalue weighted by Gasteiger charge is -2.28. The monoisotopic (exact) mass is 417 g/mol. The Morgan fingerprint density at radius 1 is 1.10 bits per heavy atom. The maximum atomic E-state index is 12.5. The molecule has 0 aliphatic carbocycles. The fourth-order valence-electron chi connectivity index (χ4n) is 3.28. The summed E-state index contributed by atoms with van der Waals surface area (Å²) in [5.41, 5.74) is 2.40. The SMILES string of the molecule is COc1cc(OC(F)(F)F)ccc1-c1ccc2c(c1)CN(Cc1ncccn1)CO2. The number of methoxy groups -OCH3 is 1. The minimum absolute atomic E-state index is 0.281. The third-order valence-electron chi connectivity index (χ3n) is 4.56. The van der Waals surface area contributed by atoms with Crippen molar-refractivity contribution < 1.29 is 27.4 Å². The number of rotatable bonds is 5. The Hall–Kier alpha value is -3.33. The van der Waals surface area contributed by atoms with Crippen LogP contribution in [0.3, 0.4) is 0 Å². The van der Waals surface area contributed by atoms with Gasteiger partial charge < -0.3 is 14.2 Å². The van der Waals surface area contributed by atoms with Crippen molar-refractivity contribution >= 4 is 0 Å². The molecule has 1 aliphatic heterocycles. The first-order chi connectivity index (χ1) is 14.4. The molecule has 6 nitrogen and oxygen atoms in total. The average molecular weight is 417 g/mol. The zero-order valence-electron chi connectivity index (χ0n) is 16.0. The quantitative estimate of drug-likeness (QED) is 0.613. The van der Waals surface area contributed by atoms with Gasteiger partial charge in [-0.1, -0.05) is 6.07 Å². The minimum atomic E-state index is -4.76. The van der Waals surface area contributed by atoms with E-state index in [2.05, 4.69) is 19.6 Å². The van der Waals surface area contributed by atoms with Gasteiger partial charge >= 0.3 is 6.36 Å². The lowest BCUT2D eigenvalue weighted by Crippen LogP contribution is -2.32. The molecule has 9 heteroatoms. The molecule has 1 aliphatic rings. The molecule has 0 fully saturated rings. The van der Waals surface area contributed by atoms with Crippen LogP contribution in [0.15, 0.2) is 54.9 Å². The fraction of sp³-hybridized carbons (Fsp3) is 0.238. The Morgan fingerprint density at radius 2 is 1.90 bits per heavy atom. The van der Waals surface area contributed by atoms with Gasteiger partial charge in [-0.15, -0.1) is 13.2 Å². The van der Waals surface area contributed by atoms with Gasteiger partial charge in [0.25, 0.3) is 0 Å². The van der Waals surface area contributed by atoms with E-state index in [9.17, 15) is 13.2 Å². The highest BCUT2D eigenvalue weighted by Gasteiger charge is 2.31. The van der Waals surface area contributed by atoms with Crippen molar-refractivity contribution in [1.82, 2.24) is 14.9 Å². The summed E-state index contributed by atoms with van der Waals surface area (Å²) < 4.78 is 52.6. The van der Waals surface area contributed by atoms with Gasteiger partial charge in [0.2, 0.25) is 0 Å². The van der Waals surface area contributed by atoms with Gasteiger partial charge in [-0.05, 0) is 35.9 Å². The maximum Gasteiger partial charge on any atom is 0.573 e. The van der Waals surface area contributed by atoms with E-state index < -0.39 is 6.36 Å². The molecule has 0 unspecified atom stereocenters. The first-order valence-corrected chi connectivity index (χ1v) is 9.09. The van der Waals surface area contributed by atoms with Crippen LogP contribution in [-0.4, -0.2) is 35.1 Å². The van der Waals surface area contributed by atoms with Gasteiger partial charge in [0.15, 0.2) is 0 Å². The van der Waals surface area contributed by atoms with Crippen molar-refractivity contribution in [2.24, 2.45) is 0 Å². The van der Waals surface area contributed by atoms with Gasteiger partial charge in [0.1, 0.15) is 29.8 Å². The van der Waals surface area contributed by atoms with Crippen LogP contribution in [0.2, 0.25) is 0 Å². The van der Waals surface area contributed by atoms with E-state index in [1.807, 2.05) is 18.2 Å². The van der Waals surface area contributed by atoms with E-state index in [1.54, 1.807) is 24.5 Å². The van der Waals surface area contributed by atoms with Crippen LogP contribution < -0.4 is 14.2 Å². The molecule has 156 valence electrons. The molecule has 0 amide bonds. The highest BCUT2D eigenvalue weighted by molar-refractivity contribution is 5.73. The number of aromatic nitrogens is 2. The van der Waals surface area contributed by atoms with Gasteiger partial charge in [0, 0.05) is 36.1 Å². The Labute approximate surface area is 170 Å². The number of hydrogen-bond donors (Lipinski definition) is 0. The van der Waals surface area contributed by atoms with Crippen LogP contribution in [0, 0.1) is 0 Å². The van der Waals surface area contributed by atoms with Gasteiger partial charge in [-0.25, -0.2) is 9.97 Å². The van der Waals surface area contributed by atoms with E-state index in [1.165, 1.54) is 19.2 Å². The van der Waals surface area contributed by atoms with E-state index in [0.29, 0.717) is 31.2 Å². The number of fused-ring (bicyclic) bond motifs is 1. The molecular weight excluding hydrogens is 399 g/mol. The number of halogens is 3. The Balaban J connectivity index is 1.57.